The summed E-state index contributed by atoms with van der Waals surface area (Å²) >= 11 is 11.2. The summed E-state index contributed by atoms with van der Waals surface area (Å²) in [5.74, 6) is -0.439. The molecule has 1 aromatic carbocycles. The Bertz CT molecular complexity index is 787. The molecule has 0 saturated heterocycles. The molecule has 0 aliphatic carbocycles. The molecule has 1 nitrogen and oxygen atoms in total. The van der Waals surface area contributed by atoms with Crippen molar-refractivity contribution in [1.82, 2.24) is 4.98 Å². The molecule has 3 rings (SSSR count). The highest BCUT2D eigenvalue weighted by atomic mass is 79.9. The van der Waals surface area contributed by atoms with Crippen LogP contribution in [0.5, 0.6) is 0 Å². The Balaban J connectivity index is 1.89. The van der Waals surface area contributed by atoms with Gasteiger partial charge in [0, 0.05) is 37.4 Å². The van der Waals surface area contributed by atoms with Crippen molar-refractivity contribution in [2.24, 2.45) is 0 Å². The number of thiophene rings is 1. The highest BCUT2D eigenvalue weighted by Crippen LogP contribution is 2.32. The second kappa shape index (κ2) is 6.26. The van der Waals surface area contributed by atoms with Crippen LogP contribution in [0, 0.1) is 5.95 Å². The molecule has 0 N–H and O–H groups in total. The Morgan fingerprint density at radius 3 is 2.86 bits per heavy atom. The highest BCUT2D eigenvalue weighted by molar-refractivity contribution is 9.10. The van der Waals surface area contributed by atoms with Gasteiger partial charge in [0.25, 0.3) is 0 Å². The highest BCUT2D eigenvalue weighted by Gasteiger charge is 2.10. The van der Waals surface area contributed by atoms with Crippen molar-refractivity contribution >= 4 is 38.9 Å². The van der Waals surface area contributed by atoms with Crippen molar-refractivity contribution < 1.29 is 4.39 Å². The summed E-state index contributed by atoms with van der Waals surface area (Å²) in [6.45, 7) is 0. The summed E-state index contributed by atoms with van der Waals surface area (Å²) in [5.41, 5.74) is 1.58. The second-order valence-corrected chi connectivity index (χ2v) is 7.01. The van der Waals surface area contributed by atoms with Crippen LogP contribution in [0.3, 0.4) is 0 Å². The maximum absolute atomic E-state index is 13.7. The molecule has 0 aliphatic rings. The monoisotopic (exact) mass is 381 g/mol. The molecule has 0 unspecified atom stereocenters. The maximum Gasteiger partial charge on any atom is 0.221 e. The van der Waals surface area contributed by atoms with E-state index in [1.165, 1.54) is 6.20 Å². The van der Waals surface area contributed by atoms with Gasteiger partial charge in [-0.15, -0.1) is 11.3 Å². The van der Waals surface area contributed by atoms with Crippen LogP contribution >= 0.6 is 38.9 Å². The molecule has 0 bridgehead atoms. The predicted octanol–water partition coefficient (Wildman–Crippen LogP) is 5.96. The number of hydrogen-bond acceptors (Lipinski definition) is 2. The Morgan fingerprint density at radius 2 is 2.05 bits per heavy atom. The largest absolute Gasteiger partial charge is 0.228 e. The number of hydrogen-bond donors (Lipinski definition) is 0. The standard InChI is InChI=1S/C16H10BrClFNS/c17-11-3-5-14(18)10(8-11)9-12-4-6-15(21-12)13-2-1-7-20-16(13)19/h1-8H,9H2. The van der Waals surface area contributed by atoms with Crippen LogP contribution in [0.25, 0.3) is 10.4 Å². The SMILES string of the molecule is Fc1ncccc1-c1ccc(Cc2cc(Br)ccc2Cl)s1. The van der Waals surface area contributed by atoms with Gasteiger partial charge in [0.2, 0.25) is 5.95 Å². The average Bonchev–Trinajstić information content (AvgIpc) is 2.92. The summed E-state index contributed by atoms with van der Waals surface area (Å²) in [6.07, 6.45) is 2.18. The van der Waals surface area contributed by atoms with Crippen LogP contribution in [0.1, 0.15) is 10.4 Å². The van der Waals surface area contributed by atoms with Gasteiger partial charge in [-0.25, -0.2) is 4.98 Å². The van der Waals surface area contributed by atoms with Gasteiger partial charge in [-0.3, -0.25) is 0 Å². The number of nitrogens with zero attached hydrogens (tertiary/aromatic N) is 1. The molecule has 106 valence electrons. The lowest BCUT2D eigenvalue weighted by Crippen LogP contribution is -1.86. The summed E-state index contributed by atoms with van der Waals surface area (Å²) in [6, 6.07) is 13.2. The number of aromatic nitrogens is 1. The molecule has 0 fully saturated rings. The summed E-state index contributed by atoms with van der Waals surface area (Å²) in [7, 11) is 0. The van der Waals surface area contributed by atoms with Crippen molar-refractivity contribution in [3.63, 3.8) is 0 Å². The van der Waals surface area contributed by atoms with E-state index in [1.54, 1.807) is 23.5 Å². The topological polar surface area (TPSA) is 12.9 Å². The van der Waals surface area contributed by atoms with Crippen LogP contribution < -0.4 is 0 Å². The Hall–Kier alpha value is -1.23. The van der Waals surface area contributed by atoms with E-state index in [0.29, 0.717) is 5.56 Å². The molecular formula is C16H10BrClFNS. The minimum Gasteiger partial charge on any atom is -0.228 e. The third kappa shape index (κ3) is 3.34. The van der Waals surface area contributed by atoms with Crippen molar-refractivity contribution in [3.8, 4) is 10.4 Å². The van der Waals surface area contributed by atoms with Crippen molar-refractivity contribution in [2.75, 3.05) is 0 Å². The first-order valence-electron chi connectivity index (χ1n) is 6.27. The van der Waals surface area contributed by atoms with E-state index in [4.69, 9.17) is 11.6 Å². The molecule has 0 saturated carbocycles. The molecular weight excluding hydrogens is 373 g/mol. The lowest BCUT2D eigenvalue weighted by molar-refractivity contribution is 0.588. The summed E-state index contributed by atoms with van der Waals surface area (Å²) in [5, 5.41) is 0.737. The van der Waals surface area contributed by atoms with Gasteiger partial charge in [0.05, 0.1) is 0 Å². The molecule has 2 heterocycles. The van der Waals surface area contributed by atoms with Crippen LogP contribution in [0.15, 0.2) is 53.1 Å². The van der Waals surface area contributed by atoms with Gasteiger partial charge >= 0.3 is 0 Å². The Labute approximate surface area is 139 Å². The first kappa shape index (κ1) is 14.7. The van der Waals surface area contributed by atoms with Crippen molar-refractivity contribution in [3.05, 3.63) is 74.5 Å². The fraction of sp³-hybridized carbons (Fsp3) is 0.0625. The lowest BCUT2D eigenvalue weighted by Gasteiger charge is -2.03. The van der Waals surface area contributed by atoms with Gasteiger partial charge < -0.3 is 0 Å². The first-order chi connectivity index (χ1) is 10.1. The smallest absolute Gasteiger partial charge is 0.221 e. The average molecular weight is 383 g/mol. The Kier molecular flexibility index (Phi) is 4.38. The molecule has 2 aromatic heterocycles. The second-order valence-electron chi connectivity index (χ2n) is 4.52. The zero-order valence-electron chi connectivity index (χ0n) is 10.8. The number of benzene rings is 1. The molecule has 0 radical (unpaired) electrons. The van der Waals surface area contributed by atoms with E-state index in [-0.39, 0.29) is 0 Å². The van der Waals surface area contributed by atoms with E-state index in [2.05, 4.69) is 20.9 Å². The molecule has 21 heavy (non-hydrogen) atoms. The molecule has 0 spiro atoms. The van der Waals surface area contributed by atoms with Gasteiger partial charge in [0.15, 0.2) is 0 Å². The fourth-order valence-corrected chi connectivity index (χ4v) is 3.69. The minimum absolute atomic E-state index is 0.439. The summed E-state index contributed by atoms with van der Waals surface area (Å²) in [4.78, 5) is 5.70. The van der Waals surface area contributed by atoms with Crippen LogP contribution in [0.4, 0.5) is 4.39 Å². The summed E-state index contributed by atoms with van der Waals surface area (Å²) < 4.78 is 14.7. The van der Waals surface area contributed by atoms with Gasteiger partial charge in [0.1, 0.15) is 0 Å². The van der Waals surface area contributed by atoms with Crippen molar-refractivity contribution in [1.29, 1.82) is 0 Å². The van der Waals surface area contributed by atoms with Crippen LogP contribution in [-0.2, 0) is 6.42 Å². The minimum atomic E-state index is -0.439. The molecule has 0 amide bonds. The van der Waals surface area contributed by atoms with Gasteiger partial charge in [-0.1, -0.05) is 27.5 Å². The third-order valence-electron chi connectivity index (χ3n) is 3.06. The Morgan fingerprint density at radius 1 is 1.19 bits per heavy atom. The van der Waals surface area contributed by atoms with Crippen LogP contribution in [0.2, 0.25) is 5.02 Å². The molecule has 5 heteroatoms. The van der Waals surface area contributed by atoms with Gasteiger partial charge in [-0.05, 0) is 48.0 Å². The third-order valence-corrected chi connectivity index (χ3v) is 5.04. The van der Waals surface area contributed by atoms with E-state index in [1.807, 2.05) is 30.3 Å². The van der Waals surface area contributed by atoms with E-state index >= 15 is 0 Å². The van der Waals surface area contributed by atoms with Crippen molar-refractivity contribution in [2.45, 2.75) is 6.42 Å². The molecule has 0 aliphatic heterocycles. The maximum atomic E-state index is 13.7. The number of pyridine rings is 1. The lowest BCUT2D eigenvalue weighted by atomic mass is 10.1. The first-order valence-corrected chi connectivity index (χ1v) is 8.26. The van der Waals surface area contributed by atoms with E-state index in [0.717, 1.165) is 31.2 Å². The fourth-order valence-electron chi connectivity index (χ4n) is 2.05. The van der Waals surface area contributed by atoms with E-state index < -0.39 is 5.95 Å². The quantitative estimate of drug-likeness (QED) is 0.510. The van der Waals surface area contributed by atoms with Crippen LogP contribution in [-0.4, -0.2) is 4.98 Å². The van der Waals surface area contributed by atoms with Gasteiger partial charge in [-0.2, -0.15) is 4.39 Å². The normalized spacial score (nSPS) is 10.8. The predicted molar refractivity (Wildman–Crippen MR) is 89.5 cm³/mol. The van der Waals surface area contributed by atoms with E-state index in [9.17, 15) is 4.39 Å². The molecule has 3 aromatic rings. The number of rotatable bonds is 3. The zero-order chi connectivity index (χ0) is 14.8. The number of halogens is 3. The molecule has 0 atom stereocenters. The zero-order valence-corrected chi connectivity index (χ0v) is 14.0.